The maximum Gasteiger partial charge on any atom is 0.417 e. The van der Waals surface area contributed by atoms with Gasteiger partial charge >= 0.3 is 6.18 Å². The molecule has 0 radical (unpaired) electrons. The molecule has 0 spiro atoms. The first-order valence-electron chi connectivity index (χ1n) is 8.00. The van der Waals surface area contributed by atoms with Crippen molar-refractivity contribution in [2.75, 3.05) is 4.90 Å². The molecule has 0 aromatic heterocycles. The third kappa shape index (κ3) is 2.20. The number of hydrogen-bond acceptors (Lipinski definition) is 3. The number of nitrogens with zero attached hydrogens (tertiary/aromatic N) is 2. The van der Waals surface area contributed by atoms with Crippen molar-refractivity contribution in [2.24, 2.45) is 23.7 Å². The minimum atomic E-state index is -4.74. The van der Waals surface area contributed by atoms with Crippen LogP contribution in [0.2, 0.25) is 0 Å². The number of anilines is 1. The molecule has 1 aliphatic heterocycles. The summed E-state index contributed by atoms with van der Waals surface area (Å²) in [5.41, 5.74) is -1.78. The van der Waals surface area contributed by atoms with E-state index >= 15 is 0 Å². The van der Waals surface area contributed by atoms with E-state index in [0.717, 1.165) is 29.9 Å². The number of nitriles is 1. The van der Waals surface area contributed by atoms with E-state index in [4.69, 9.17) is 5.26 Å². The van der Waals surface area contributed by atoms with Crippen molar-refractivity contribution in [3.8, 4) is 6.07 Å². The van der Waals surface area contributed by atoms with Gasteiger partial charge < -0.3 is 0 Å². The summed E-state index contributed by atoms with van der Waals surface area (Å²) >= 11 is 0. The van der Waals surface area contributed by atoms with Crippen molar-refractivity contribution in [1.82, 2.24) is 0 Å². The molecular formula is C18H13F3N2O2. The van der Waals surface area contributed by atoms with Gasteiger partial charge in [0.25, 0.3) is 0 Å². The van der Waals surface area contributed by atoms with Crippen LogP contribution < -0.4 is 4.90 Å². The zero-order valence-corrected chi connectivity index (χ0v) is 13.0. The van der Waals surface area contributed by atoms with E-state index in [2.05, 4.69) is 0 Å². The minimum Gasteiger partial charge on any atom is -0.274 e. The van der Waals surface area contributed by atoms with E-state index in [0.29, 0.717) is 0 Å². The van der Waals surface area contributed by atoms with Crippen LogP contribution in [0.1, 0.15) is 24.0 Å². The van der Waals surface area contributed by atoms with Gasteiger partial charge in [0.2, 0.25) is 11.8 Å². The second-order valence-electron chi connectivity index (χ2n) is 6.69. The number of alkyl halides is 3. The lowest BCUT2D eigenvalue weighted by Gasteiger charge is -2.38. The van der Waals surface area contributed by atoms with E-state index in [1.54, 1.807) is 0 Å². The molecule has 1 aromatic carbocycles. The van der Waals surface area contributed by atoms with Crippen LogP contribution in [0.5, 0.6) is 0 Å². The number of carbonyl (C=O) groups excluding carboxylic acids is 2. The number of allylic oxidation sites excluding steroid dienone is 2. The Kier molecular flexibility index (Phi) is 3.29. The number of fused-ring (bicyclic) bond motifs is 1. The second-order valence-corrected chi connectivity index (χ2v) is 6.69. The molecule has 1 heterocycles. The molecule has 4 atom stereocenters. The molecule has 0 unspecified atom stereocenters. The number of imide groups is 1. The lowest BCUT2D eigenvalue weighted by atomic mass is 9.63. The molecular weight excluding hydrogens is 333 g/mol. The molecule has 1 saturated heterocycles. The topological polar surface area (TPSA) is 61.2 Å². The summed E-state index contributed by atoms with van der Waals surface area (Å²) in [6.45, 7) is 0. The van der Waals surface area contributed by atoms with Gasteiger partial charge in [-0.1, -0.05) is 12.2 Å². The summed E-state index contributed by atoms with van der Waals surface area (Å²) < 4.78 is 39.5. The highest BCUT2D eigenvalue weighted by Gasteiger charge is 2.57. The summed E-state index contributed by atoms with van der Waals surface area (Å²) in [6, 6.07) is 4.46. The molecule has 0 N–H and O–H groups in total. The number of amides is 2. The minimum absolute atomic E-state index is 0.0306. The molecule has 5 rings (SSSR count). The lowest BCUT2D eigenvalue weighted by molar-refractivity contribution is -0.138. The second kappa shape index (κ2) is 5.19. The van der Waals surface area contributed by atoms with Crippen molar-refractivity contribution in [3.63, 3.8) is 0 Å². The monoisotopic (exact) mass is 346 g/mol. The smallest absolute Gasteiger partial charge is 0.274 e. The molecule has 2 bridgehead atoms. The number of hydrogen-bond donors (Lipinski definition) is 0. The van der Waals surface area contributed by atoms with Gasteiger partial charge in [-0.25, -0.2) is 0 Å². The molecule has 1 aromatic rings. The average molecular weight is 346 g/mol. The van der Waals surface area contributed by atoms with E-state index in [9.17, 15) is 22.8 Å². The average Bonchev–Trinajstić information content (AvgIpc) is 2.88. The Morgan fingerprint density at radius 3 is 2.04 bits per heavy atom. The SMILES string of the molecule is N#Cc1ccc(N2C(=O)[C@@H]3[C@H](C2=O)[C@@H]2C=C[C@H]3CC2)cc1C(F)(F)F. The Labute approximate surface area is 141 Å². The van der Waals surface area contributed by atoms with Crippen molar-refractivity contribution in [2.45, 2.75) is 19.0 Å². The predicted octanol–water partition coefficient (Wildman–Crippen LogP) is 3.28. The highest BCUT2D eigenvalue weighted by Crippen LogP contribution is 2.50. The summed E-state index contributed by atoms with van der Waals surface area (Å²) in [5.74, 6) is -1.91. The Morgan fingerprint density at radius 1 is 1.04 bits per heavy atom. The maximum absolute atomic E-state index is 13.2. The van der Waals surface area contributed by atoms with Gasteiger partial charge in [0, 0.05) is 0 Å². The normalized spacial score (nSPS) is 30.6. The number of carbonyl (C=O) groups is 2. The first kappa shape index (κ1) is 15.9. The molecule has 2 fully saturated rings. The fourth-order valence-electron chi connectivity index (χ4n) is 4.33. The van der Waals surface area contributed by atoms with Crippen LogP contribution in [-0.2, 0) is 15.8 Å². The molecule has 25 heavy (non-hydrogen) atoms. The van der Waals surface area contributed by atoms with Crippen LogP contribution in [0.3, 0.4) is 0 Å². The fraction of sp³-hybridized carbons (Fsp3) is 0.389. The Hall–Kier alpha value is -2.62. The van der Waals surface area contributed by atoms with Gasteiger partial charge in [-0.3, -0.25) is 14.5 Å². The first-order chi connectivity index (χ1) is 11.8. The highest BCUT2D eigenvalue weighted by molar-refractivity contribution is 6.22. The number of benzene rings is 1. The van der Waals surface area contributed by atoms with Gasteiger partial charge in [0.15, 0.2) is 0 Å². The number of halogens is 3. The highest BCUT2D eigenvalue weighted by atomic mass is 19.4. The molecule has 128 valence electrons. The van der Waals surface area contributed by atoms with E-state index in [-0.39, 0.29) is 17.5 Å². The van der Waals surface area contributed by atoms with Gasteiger partial charge in [-0.2, -0.15) is 18.4 Å². The van der Waals surface area contributed by atoms with Crippen LogP contribution >= 0.6 is 0 Å². The van der Waals surface area contributed by atoms with Gasteiger partial charge in [-0.05, 0) is 42.9 Å². The Bertz CT molecular complexity index is 821. The van der Waals surface area contributed by atoms with Crippen molar-refractivity contribution >= 4 is 17.5 Å². The molecule has 7 heteroatoms. The van der Waals surface area contributed by atoms with Crippen LogP contribution in [0.15, 0.2) is 30.4 Å². The number of rotatable bonds is 1. The fourth-order valence-corrected chi connectivity index (χ4v) is 4.33. The molecule has 2 amide bonds. The quantitative estimate of drug-likeness (QED) is 0.579. The third-order valence-electron chi connectivity index (χ3n) is 5.45. The maximum atomic E-state index is 13.2. The Morgan fingerprint density at radius 2 is 1.60 bits per heavy atom. The molecule has 1 saturated carbocycles. The Balaban J connectivity index is 1.78. The lowest BCUT2D eigenvalue weighted by Crippen LogP contribution is -2.38. The summed E-state index contributed by atoms with van der Waals surface area (Å²) in [6.07, 6.45) is 0.792. The van der Waals surface area contributed by atoms with E-state index in [1.165, 1.54) is 12.1 Å². The largest absolute Gasteiger partial charge is 0.417 e. The first-order valence-corrected chi connectivity index (χ1v) is 8.00. The zero-order valence-electron chi connectivity index (χ0n) is 13.0. The standard InChI is InChI=1S/C18H13F3N2O2/c19-18(20,21)13-7-12(6-5-11(13)8-22)23-16(24)14-9-1-2-10(4-3-9)15(14)17(23)25/h1-2,5-7,9-10,14-15H,3-4H2/t9-,10+,14-,15+. The van der Waals surface area contributed by atoms with Gasteiger partial charge in [-0.15, -0.1) is 0 Å². The van der Waals surface area contributed by atoms with Gasteiger partial charge in [0.05, 0.1) is 34.7 Å². The van der Waals surface area contributed by atoms with Crippen LogP contribution in [-0.4, -0.2) is 11.8 Å². The van der Waals surface area contributed by atoms with Crippen molar-refractivity contribution in [1.29, 1.82) is 5.26 Å². The van der Waals surface area contributed by atoms with E-state index < -0.39 is 41.0 Å². The van der Waals surface area contributed by atoms with E-state index in [1.807, 2.05) is 12.2 Å². The zero-order chi connectivity index (χ0) is 17.9. The third-order valence-corrected chi connectivity index (χ3v) is 5.45. The van der Waals surface area contributed by atoms with Crippen LogP contribution in [0.4, 0.5) is 18.9 Å². The van der Waals surface area contributed by atoms with Crippen LogP contribution in [0, 0.1) is 35.0 Å². The van der Waals surface area contributed by atoms with Crippen molar-refractivity contribution in [3.05, 3.63) is 41.5 Å². The molecule has 4 aliphatic rings. The van der Waals surface area contributed by atoms with Crippen molar-refractivity contribution < 1.29 is 22.8 Å². The van der Waals surface area contributed by atoms with Gasteiger partial charge in [0.1, 0.15) is 0 Å². The summed E-state index contributed by atoms with van der Waals surface area (Å²) in [4.78, 5) is 26.4. The summed E-state index contributed by atoms with van der Waals surface area (Å²) in [7, 11) is 0. The molecule has 4 nitrogen and oxygen atoms in total. The van der Waals surface area contributed by atoms with Crippen LogP contribution in [0.25, 0.3) is 0 Å². The summed E-state index contributed by atoms with van der Waals surface area (Å²) in [5, 5.41) is 8.88. The molecule has 3 aliphatic carbocycles. The predicted molar refractivity (Wildman–Crippen MR) is 81.0 cm³/mol.